The van der Waals surface area contributed by atoms with Crippen molar-refractivity contribution < 1.29 is 4.79 Å². The largest absolute Gasteiger partial charge is 0.328 e. The van der Waals surface area contributed by atoms with Crippen molar-refractivity contribution in [3.8, 4) is 6.07 Å². The lowest BCUT2D eigenvalue weighted by Crippen LogP contribution is -2.39. The Morgan fingerprint density at radius 3 is 2.42 bits per heavy atom. The maximum atomic E-state index is 12.8. The van der Waals surface area contributed by atoms with Crippen LogP contribution >= 0.6 is 0 Å². The van der Waals surface area contributed by atoms with Crippen molar-refractivity contribution in [1.29, 1.82) is 5.26 Å². The SMILES string of the molecule is C[C@H]1CCCN(CC(=O)C(C#N)=C2N(C)c3ccccc3N2C)C1. The summed E-state index contributed by atoms with van der Waals surface area (Å²) in [7, 11) is 3.82. The number of nitrogens with zero attached hydrogens (tertiary/aromatic N) is 4. The lowest BCUT2D eigenvalue weighted by atomic mass is 9.99. The molecule has 1 fully saturated rings. The molecule has 3 rings (SSSR count). The van der Waals surface area contributed by atoms with Gasteiger partial charge in [0.05, 0.1) is 17.9 Å². The van der Waals surface area contributed by atoms with Gasteiger partial charge in [-0.05, 0) is 37.4 Å². The third kappa shape index (κ3) is 2.90. The number of hydrogen-bond acceptors (Lipinski definition) is 5. The van der Waals surface area contributed by atoms with Crippen LogP contribution in [0.3, 0.4) is 0 Å². The zero-order chi connectivity index (χ0) is 17.3. The second-order valence-electron chi connectivity index (χ2n) is 6.82. The second-order valence-corrected chi connectivity index (χ2v) is 6.82. The van der Waals surface area contributed by atoms with Crippen molar-refractivity contribution in [2.24, 2.45) is 5.92 Å². The van der Waals surface area contributed by atoms with E-state index in [0.717, 1.165) is 30.9 Å². The molecule has 0 bridgehead atoms. The minimum atomic E-state index is -0.0897. The summed E-state index contributed by atoms with van der Waals surface area (Å²) < 4.78 is 0. The fraction of sp³-hybridized carbons (Fsp3) is 0.474. The Bertz CT molecular complexity index is 687. The van der Waals surface area contributed by atoms with E-state index < -0.39 is 0 Å². The summed E-state index contributed by atoms with van der Waals surface area (Å²) in [4.78, 5) is 18.9. The van der Waals surface area contributed by atoms with Crippen LogP contribution in [0, 0.1) is 17.2 Å². The summed E-state index contributed by atoms with van der Waals surface area (Å²) in [5.74, 6) is 1.20. The third-order valence-corrected chi connectivity index (χ3v) is 4.96. The number of rotatable bonds is 3. The summed E-state index contributed by atoms with van der Waals surface area (Å²) in [5.41, 5.74) is 2.28. The Labute approximate surface area is 143 Å². The molecular weight excluding hydrogens is 300 g/mol. The molecule has 0 saturated carbocycles. The minimum Gasteiger partial charge on any atom is -0.328 e. The van der Waals surface area contributed by atoms with Gasteiger partial charge in [-0.1, -0.05) is 19.1 Å². The first-order valence-corrected chi connectivity index (χ1v) is 8.49. The van der Waals surface area contributed by atoms with Crippen molar-refractivity contribution in [2.75, 3.05) is 43.5 Å². The summed E-state index contributed by atoms with van der Waals surface area (Å²) in [6.07, 6.45) is 2.34. The van der Waals surface area contributed by atoms with Crippen LogP contribution in [0.25, 0.3) is 0 Å². The molecule has 0 aliphatic carbocycles. The van der Waals surface area contributed by atoms with Crippen LogP contribution < -0.4 is 9.80 Å². The number of nitriles is 1. The van der Waals surface area contributed by atoms with Gasteiger partial charge >= 0.3 is 0 Å². The van der Waals surface area contributed by atoms with Crippen LogP contribution in [0.1, 0.15) is 19.8 Å². The van der Waals surface area contributed by atoms with Gasteiger partial charge in [0.15, 0.2) is 5.78 Å². The molecule has 1 aromatic rings. The molecule has 5 nitrogen and oxygen atoms in total. The van der Waals surface area contributed by atoms with E-state index >= 15 is 0 Å². The normalized spacial score (nSPS) is 20.8. The summed E-state index contributed by atoms with van der Waals surface area (Å²) in [5, 5.41) is 9.65. The van der Waals surface area contributed by atoms with E-state index in [1.54, 1.807) is 0 Å². The van der Waals surface area contributed by atoms with E-state index in [1.807, 2.05) is 48.2 Å². The first-order chi connectivity index (χ1) is 11.5. The molecule has 0 N–H and O–H groups in total. The second kappa shape index (κ2) is 6.66. The molecule has 5 heteroatoms. The van der Waals surface area contributed by atoms with Gasteiger partial charge in [0.1, 0.15) is 17.5 Å². The van der Waals surface area contributed by atoms with Gasteiger partial charge in [0.25, 0.3) is 0 Å². The lowest BCUT2D eigenvalue weighted by Gasteiger charge is -2.30. The zero-order valence-corrected chi connectivity index (χ0v) is 14.6. The quantitative estimate of drug-likeness (QED) is 0.632. The fourth-order valence-electron chi connectivity index (χ4n) is 3.77. The van der Waals surface area contributed by atoms with E-state index in [1.165, 1.54) is 6.42 Å². The molecule has 0 unspecified atom stereocenters. The van der Waals surface area contributed by atoms with Gasteiger partial charge in [0.2, 0.25) is 0 Å². The number of fused-ring (bicyclic) bond motifs is 1. The molecule has 0 aromatic heterocycles. The van der Waals surface area contributed by atoms with Crippen molar-refractivity contribution in [1.82, 2.24) is 4.90 Å². The predicted molar refractivity (Wildman–Crippen MR) is 95.7 cm³/mol. The van der Waals surface area contributed by atoms with Gasteiger partial charge in [-0.15, -0.1) is 0 Å². The number of ketones is 1. The molecule has 24 heavy (non-hydrogen) atoms. The Morgan fingerprint density at radius 1 is 1.25 bits per heavy atom. The number of benzene rings is 1. The maximum Gasteiger partial charge on any atom is 0.191 e. The Kier molecular flexibility index (Phi) is 4.59. The standard InChI is InChI=1S/C19H24N4O/c1-14-7-6-10-23(12-14)13-18(24)15(11-20)19-21(2)16-8-4-5-9-17(16)22(19)3/h4-5,8-9,14H,6-7,10,12-13H2,1-3H3/t14-/m0/s1. The first-order valence-electron chi connectivity index (χ1n) is 8.49. The van der Waals surface area contributed by atoms with Crippen LogP contribution in [0.15, 0.2) is 35.7 Å². The van der Waals surface area contributed by atoms with Gasteiger partial charge in [-0.25, -0.2) is 0 Å². The van der Waals surface area contributed by atoms with Crippen molar-refractivity contribution >= 4 is 17.2 Å². The van der Waals surface area contributed by atoms with E-state index in [2.05, 4.69) is 17.9 Å². The van der Waals surface area contributed by atoms with Gasteiger partial charge in [0, 0.05) is 20.6 Å². The molecule has 0 spiro atoms. The molecule has 0 radical (unpaired) electrons. The van der Waals surface area contributed by atoms with Crippen molar-refractivity contribution in [3.63, 3.8) is 0 Å². The predicted octanol–water partition coefficient (Wildman–Crippen LogP) is 2.61. The van der Waals surface area contributed by atoms with Gasteiger partial charge < -0.3 is 9.80 Å². The molecular formula is C19H24N4O. The van der Waals surface area contributed by atoms with Crippen LogP contribution in [0.5, 0.6) is 0 Å². The third-order valence-electron chi connectivity index (χ3n) is 4.96. The number of Topliss-reactive ketones (excluding diaryl/α,β-unsaturated/α-hetero) is 1. The average molecular weight is 324 g/mol. The highest BCUT2D eigenvalue weighted by Crippen LogP contribution is 2.40. The molecule has 0 amide bonds. The highest BCUT2D eigenvalue weighted by atomic mass is 16.1. The molecule has 1 aromatic carbocycles. The summed E-state index contributed by atoms with van der Waals surface area (Å²) >= 11 is 0. The van der Waals surface area contributed by atoms with Gasteiger partial charge in [-0.2, -0.15) is 5.26 Å². The first kappa shape index (κ1) is 16.5. The highest BCUT2D eigenvalue weighted by Gasteiger charge is 2.32. The Morgan fingerprint density at radius 2 is 1.88 bits per heavy atom. The van der Waals surface area contributed by atoms with Crippen LogP contribution in [-0.4, -0.2) is 44.4 Å². The van der Waals surface area contributed by atoms with Crippen molar-refractivity contribution in [3.05, 3.63) is 35.7 Å². The molecule has 2 aliphatic rings. The topological polar surface area (TPSA) is 50.6 Å². The molecule has 1 saturated heterocycles. The monoisotopic (exact) mass is 324 g/mol. The summed E-state index contributed by atoms with van der Waals surface area (Å²) in [6.45, 7) is 4.42. The number of piperidine rings is 1. The number of carbonyl (C=O) groups excluding carboxylic acids is 1. The van der Waals surface area contributed by atoms with E-state index in [-0.39, 0.29) is 11.4 Å². The van der Waals surface area contributed by atoms with Crippen LogP contribution in [0.2, 0.25) is 0 Å². The molecule has 2 aliphatic heterocycles. The number of hydrogen-bond donors (Lipinski definition) is 0. The number of anilines is 2. The Balaban J connectivity index is 1.87. The Hall–Kier alpha value is -2.32. The van der Waals surface area contributed by atoms with Gasteiger partial charge in [-0.3, -0.25) is 9.69 Å². The van der Waals surface area contributed by atoms with Crippen molar-refractivity contribution in [2.45, 2.75) is 19.8 Å². The molecule has 2 heterocycles. The molecule has 1 atom stereocenters. The molecule has 126 valence electrons. The van der Waals surface area contributed by atoms with Crippen LogP contribution in [-0.2, 0) is 4.79 Å². The smallest absolute Gasteiger partial charge is 0.191 e. The number of para-hydroxylation sites is 2. The zero-order valence-electron chi connectivity index (χ0n) is 14.6. The lowest BCUT2D eigenvalue weighted by molar-refractivity contribution is -0.116. The number of carbonyl (C=O) groups is 1. The fourth-order valence-corrected chi connectivity index (χ4v) is 3.77. The maximum absolute atomic E-state index is 12.8. The van der Waals surface area contributed by atoms with Crippen LogP contribution in [0.4, 0.5) is 11.4 Å². The van der Waals surface area contributed by atoms with E-state index in [9.17, 15) is 10.1 Å². The average Bonchev–Trinajstić information content (AvgIpc) is 2.81. The van der Waals surface area contributed by atoms with E-state index in [0.29, 0.717) is 18.3 Å². The minimum absolute atomic E-state index is 0.0897. The number of likely N-dealkylation sites (tertiary alicyclic amines) is 1. The highest BCUT2D eigenvalue weighted by molar-refractivity contribution is 6.03. The summed E-state index contributed by atoms with van der Waals surface area (Å²) in [6, 6.07) is 10.1. The van der Waals surface area contributed by atoms with E-state index in [4.69, 9.17) is 0 Å².